The van der Waals surface area contributed by atoms with Gasteiger partial charge in [0.25, 0.3) is 5.69 Å². The maximum atomic E-state index is 10.6. The first-order valence-corrected chi connectivity index (χ1v) is 4.09. The van der Waals surface area contributed by atoms with Crippen LogP contribution in [0.2, 0.25) is 0 Å². The van der Waals surface area contributed by atoms with Gasteiger partial charge in [-0.25, -0.2) is 0 Å². The molecule has 1 aliphatic heterocycles. The number of fused-ring (bicyclic) bond motifs is 1. The highest BCUT2D eigenvalue weighted by molar-refractivity contribution is 5.51. The van der Waals surface area contributed by atoms with Crippen molar-refractivity contribution in [3.05, 3.63) is 33.4 Å². The van der Waals surface area contributed by atoms with Gasteiger partial charge in [-0.05, 0) is 13.0 Å². The summed E-state index contributed by atoms with van der Waals surface area (Å²) in [7, 11) is 0. The molecule has 0 radical (unpaired) electrons. The predicted octanol–water partition coefficient (Wildman–Crippen LogP) is 1.84. The van der Waals surface area contributed by atoms with Crippen LogP contribution >= 0.6 is 0 Å². The number of hydrogen-bond donors (Lipinski definition) is 0. The van der Waals surface area contributed by atoms with E-state index in [0.29, 0.717) is 12.2 Å². The minimum atomic E-state index is -0.353. The van der Waals surface area contributed by atoms with E-state index in [1.165, 1.54) is 0 Å². The molecule has 1 heterocycles. The van der Waals surface area contributed by atoms with E-state index < -0.39 is 0 Å². The van der Waals surface area contributed by atoms with E-state index in [4.69, 9.17) is 4.74 Å². The molecule has 0 aliphatic carbocycles. The van der Waals surface area contributed by atoms with E-state index in [0.717, 1.165) is 17.7 Å². The molecule has 0 aromatic heterocycles. The van der Waals surface area contributed by atoms with E-state index in [1.54, 1.807) is 19.1 Å². The molecule has 0 N–H and O–H groups in total. The fraction of sp³-hybridized carbons (Fsp3) is 0.333. The maximum absolute atomic E-state index is 10.6. The summed E-state index contributed by atoms with van der Waals surface area (Å²) in [4.78, 5) is 10.2. The average Bonchev–Trinajstić information content (AvgIpc) is 2.48. The lowest BCUT2D eigenvalue weighted by atomic mass is 10.1. The lowest BCUT2D eigenvalue weighted by molar-refractivity contribution is -0.385. The molecule has 0 atom stereocenters. The van der Waals surface area contributed by atoms with Crippen LogP contribution in [0, 0.1) is 17.0 Å². The molecule has 1 aromatic carbocycles. The first kappa shape index (κ1) is 8.04. The molecule has 0 saturated carbocycles. The number of nitrogens with zero attached hydrogens (tertiary/aromatic N) is 1. The van der Waals surface area contributed by atoms with Gasteiger partial charge >= 0.3 is 0 Å². The second kappa shape index (κ2) is 2.73. The van der Waals surface area contributed by atoms with Crippen LogP contribution in [0.4, 0.5) is 5.69 Å². The highest BCUT2D eigenvalue weighted by atomic mass is 16.6. The minimum absolute atomic E-state index is 0.184. The normalized spacial score (nSPS) is 13.6. The summed E-state index contributed by atoms with van der Waals surface area (Å²) in [6.45, 7) is 2.36. The van der Waals surface area contributed by atoms with Crippen LogP contribution in [0.15, 0.2) is 12.1 Å². The lowest BCUT2D eigenvalue weighted by Crippen LogP contribution is -1.92. The summed E-state index contributed by atoms with van der Waals surface area (Å²) in [6, 6.07) is 3.35. The number of aryl methyl sites for hydroxylation is 1. The summed E-state index contributed by atoms with van der Waals surface area (Å²) in [5, 5.41) is 10.6. The highest BCUT2D eigenvalue weighted by Crippen LogP contribution is 2.31. The van der Waals surface area contributed by atoms with Crippen LogP contribution in [0.25, 0.3) is 0 Å². The Morgan fingerprint density at radius 3 is 3.00 bits per heavy atom. The zero-order valence-corrected chi connectivity index (χ0v) is 7.24. The van der Waals surface area contributed by atoms with Crippen molar-refractivity contribution in [2.75, 3.05) is 6.61 Å². The Morgan fingerprint density at radius 2 is 2.31 bits per heavy atom. The van der Waals surface area contributed by atoms with Gasteiger partial charge in [0, 0.05) is 23.6 Å². The molecular formula is C9H9NO3. The Balaban J connectivity index is 2.55. The van der Waals surface area contributed by atoms with E-state index >= 15 is 0 Å². The molecule has 4 nitrogen and oxygen atoms in total. The van der Waals surface area contributed by atoms with Gasteiger partial charge in [-0.3, -0.25) is 10.1 Å². The summed E-state index contributed by atoms with van der Waals surface area (Å²) in [5.41, 5.74) is 1.78. The molecule has 4 heteroatoms. The summed E-state index contributed by atoms with van der Waals surface area (Å²) in [5.74, 6) is 0.795. The average molecular weight is 179 g/mol. The van der Waals surface area contributed by atoms with Crippen LogP contribution in [0.3, 0.4) is 0 Å². The van der Waals surface area contributed by atoms with Crippen molar-refractivity contribution in [1.82, 2.24) is 0 Å². The summed E-state index contributed by atoms with van der Waals surface area (Å²) in [6.07, 6.45) is 0.774. The smallest absolute Gasteiger partial charge is 0.272 e. The number of benzene rings is 1. The molecular weight excluding hydrogens is 170 g/mol. The quantitative estimate of drug-likeness (QED) is 0.488. The van der Waals surface area contributed by atoms with Crippen LogP contribution < -0.4 is 4.74 Å². The van der Waals surface area contributed by atoms with E-state index in [1.807, 2.05) is 0 Å². The van der Waals surface area contributed by atoms with Crippen molar-refractivity contribution in [1.29, 1.82) is 0 Å². The topological polar surface area (TPSA) is 52.4 Å². The monoisotopic (exact) mass is 179 g/mol. The van der Waals surface area contributed by atoms with Crippen LogP contribution in [-0.2, 0) is 6.42 Å². The largest absolute Gasteiger partial charge is 0.493 e. The summed E-state index contributed by atoms with van der Waals surface area (Å²) < 4.78 is 5.29. The Morgan fingerprint density at radius 1 is 1.54 bits per heavy atom. The standard InChI is InChI=1S/C9H9NO3/c1-6-4-9-7(2-3-13-9)5-8(6)10(11)12/h4-5H,2-3H2,1H3. The number of ether oxygens (including phenoxy) is 1. The molecule has 0 spiro atoms. The molecule has 1 aliphatic rings. The van der Waals surface area contributed by atoms with E-state index in [2.05, 4.69) is 0 Å². The zero-order chi connectivity index (χ0) is 9.42. The molecule has 0 bridgehead atoms. The van der Waals surface area contributed by atoms with Crippen LogP contribution in [-0.4, -0.2) is 11.5 Å². The third-order valence-electron chi connectivity index (χ3n) is 2.20. The first-order valence-electron chi connectivity index (χ1n) is 4.09. The maximum Gasteiger partial charge on any atom is 0.272 e. The number of hydrogen-bond acceptors (Lipinski definition) is 3. The predicted molar refractivity (Wildman–Crippen MR) is 47.0 cm³/mol. The van der Waals surface area contributed by atoms with Gasteiger partial charge < -0.3 is 4.74 Å². The molecule has 0 amide bonds. The third-order valence-corrected chi connectivity index (χ3v) is 2.20. The van der Waals surface area contributed by atoms with Gasteiger partial charge in [-0.2, -0.15) is 0 Å². The Labute approximate surface area is 75.3 Å². The van der Waals surface area contributed by atoms with Gasteiger partial charge in [-0.15, -0.1) is 0 Å². The van der Waals surface area contributed by atoms with E-state index in [-0.39, 0.29) is 10.6 Å². The fourth-order valence-corrected chi connectivity index (χ4v) is 1.51. The number of nitro groups is 1. The van der Waals surface area contributed by atoms with Crippen molar-refractivity contribution in [2.24, 2.45) is 0 Å². The second-order valence-electron chi connectivity index (χ2n) is 3.10. The molecule has 1 aromatic rings. The van der Waals surface area contributed by atoms with Gasteiger partial charge in [-0.1, -0.05) is 0 Å². The third kappa shape index (κ3) is 1.24. The fourth-order valence-electron chi connectivity index (χ4n) is 1.51. The molecule has 0 saturated heterocycles. The molecule has 2 rings (SSSR count). The van der Waals surface area contributed by atoms with Crippen molar-refractivity contribution >= 4 is 5.69 Å². The summed E-state index contributed by atoms with van der Waals surface area (Å²) >= 11 is 0. The van der Waals surface area contributed by atoms with Crippen molar-refractivity contribution < 1.29 is 9.66 Å². The Hall–Kier alpha value is -1.58. The molecule has 13 heavy (non-hydrogen) atoms. The van der Waals surface area contributed by atoms with Crippen molar-refractivity contribution in [3.8, 4) is 5.75 Å². The lowest BCUT2D eigenvalue weighted by Gasteiger charge is -2.01. The number of nitro benzene ring substituents is 1. The SMILES string of the molecule is Cc1cc2c(cc1[N+](=O)[O-])CCO2. The Kier molecular flexibility index (Phi) is 1.69. The van der Waals surface area contributed by atoms with Gasteiger partial charge in [0.2, 0.25) is 0 Å². The first-order chi connectivity index (χ1) is 6.18. The minimum Gasteiger partial charge on any atom is -0.493 e. The highest BCUT2D eigenvalue weighted by Gasteiger charge is 2.19. The Bertz CT molecular complexity index is 373. The number of rotatable bonds is 1. The van der Waals surface area contributed by atoms with Crippen LogP contribution in [0.5, 0.6) is 5.75 Å². The van der Waals surface area contributed by atoms with Crippen molar-refractivity contribution in [2.45, 2.75) is 13.3 Å². The van der Waals surface area contributed by atoms with Gasteiger partial charge in [0.1, 0.15) is 5.75 Å². The van der Waals surface area contributed by atoms with Gasteiger partial charge in [0.05, 0.1) is 11.5 Å². The second-order valence-corrected chi connectivity index (χ2v) is 3.10. The van der Waals surface area contributed by atoms with E-state index in [9.17, 15) is 10.1 Å². The molecule has 68 valence electrons. The molecule has 0 unspecified atom stereocenters. The van der Waals surface area contributed by atoms with Gasteiger partial charge in [0.15, 0.2) is 0 Å². The zero-order valence-electron chi connectivity index (χ0n) is 7.24. The van der Waals surface area contributed by atoms with Crippen LogP contribution in [0.1, 0.15) is 11.1 Å². The molecule has 0 fully saturated rings. The van der Waals surface area contributed by atoms with Crippen molar-refractivity contribution in [3.63, 3.8) is 0 Å².